The number of anilines is 1. The molecule has 1 aliphatic heterocycles. The molecule has 0 unspecified atom stereocenters. The highest BCUT2D eigenvalue weighted by molar-refractivity contribution is 5.77. The Morgan fingerprint density at radius 3 is 2.95 bits per heavy atom. The number of carbonyl (C=O) groups is 1. The van der Waals surface area contributed by atoms with Crippen molar-refractivity contribution in [1.82, 2.24) is 20.2 Å². The first-order valence-electron chi connectivity index (χ1n) is 7.35. The van der Waals surface area contributed by atoms with Crippen LogP contribution in [0.1, 0.15) is 13.3 Å². The van der Waals surface area contributed by atoms with E-state index in [2.05, 4.69) is 25.1 Å². The van der Waals surface area contributed by atoms with Gasteiger partial charge in [0.25, 0.3) is 0 Å². The summed E-state index contributed by atoms with van der Waals surface area (Å²) in [5.74, 6) is 1.55. The van der Waals surface area contributed by atoms with E-state index in [1.54, 1.807) is 7.05 Å². The molecular formula is C14H23N5O2. The van der Waals surface area contributed by atoms with Crippen molar-refractivity contribution in [3.8, 4) is 5.88 Å². The number of hydrogen-bond acceptors (Lipinski definition) is 6. The van der Waals surface area contributed by atoms with Gasteiger partial charge in [0.05, 0.1) is 13.2 Å². The number of carbonyl (C=O) groups excluding carboxylic acids is 1. The first-order valence-corrected chi connectivity index (χ1v) is 7.35. The number of ether oxygens (including phenoxy) is 1. The molecule has 0 aromatic carbocycles. The summed E-state index contributed by atoms with van der Waals surface area (Å²) in [7, 11) is 1.67. The minimum absolute atomic E-state index is 0.0594. The van der Waals surface area contributed by atoms with Crippen LogP contribution in [0.2, 0.25) is 0 Å². The Morgan fingerprint density at radius 1 is 1.33 bits per heavy atom. The molecule has 1 aromatic rings. The predicted molar refractivity (Wildman–Crippen MR) is 80.5 cm³/mol. The minimum Gasteiger partial charge on any atom is -0.478 e. The van der Waals surface area contributed by atoms with Crippen molar-refractivity contribution in [3.05, 3.63) is 12.4 Å². The van der Waals surface area contributed by atoms with Gasteiger partial charge >= 0.3 is 0 Å². The molecule has 1 aromatic heterocycles. The van der Waals surface area contributed by atoms with Gasteiger partial charge in [-0.05, 0) is 13.3 Å². The topological polar surface area (TPSA) is 70.6 Å². The lowest BCUT2D eigenvalue weighted by molar-refractivity contribution is -0.121. The fourth-order valence-electron chi connectivity index (χ4n) is 2.37. The molecule has 1 N–H and O–H groups in total. The van der Waals surface area contributed by atoms with Gasteiger partial charge in [0.15, 0.2) is 0 Å². The average Bonchev–Trinajstić information content (AvgIpc) is 2.73. The van der Waals surface area contributed by atoms with Crippen LogP contribution in [0.4, 0.5) is 5.82 Å². The summed E-state index contributed by atoms with van der Waals surface area (Å²) in [6.07, 6.45) is 2.54. The van der Waals surface area contributed by atoms with Crippen molar-refractivity contribution < 1.29 is 9.53 Å². The van der Waals surface area contributed by atoms with Crippen LogP contribution in [0.25, 0.3) is 0 Å². The van der Waals surface area contributed by atoms with E-state index >= 15 is 0 Å². The highest BCUT2D eigenvalue weighted by atomic mass is 16.5. The lowest BCUT2D eigenvalue weighted by Gasteiger charge is -2.22. The van der Waals surface area contributed by atoms with Gasteiger partial charge in [0.1, 0.15) is 12.1 Å². The van der Waals surface area contributed by atoms with Gasteiger partial charge in [0.2, 0.25) is 11.8 Å². The van der Waals surface area contributed by atoms with E-state index in [0.717, 1.165) is 38.4 Å². The molecular weight excluding hydrogens is 270 g/mol. The molecule has 2 rings (SSSR count). The maximum Gasteiger partial charge on any atom is 0.233 e. The van der Waals surface area contributed by atoms with E-state index in [9.17, 15) is 4.79 Å². The first-order chi connectivity index (χ1) is 10.2. The molecule has 0 bridgehead atoms. The van der Waals surface area contributed by atoms with Crippen molar-refractivity contribution in [3.63, 3.8) is 0 Å². The van der Waals surface area contributed by atoms with Crippen LogP contribution < -0.4 is 15.0 Å². The standard InChI is InChI=1S/C14H23N5O2/c1-3-21-14-9-12(16-11-17-14)19-6-4-5-18(7-8-19)10-13(20)15-2/h9,11H,3-8,10H2,1-2H3,(H,15,20). The first kappa shape index (κ1) is 15.5. The fraction of sp³-hybridized carbons (Fsp3) is 0.643. The summed E-state index contributed by atoms with van der Waals surface area (Å²) in [5.41, 5.74) is 0. The number of rotatable bonds is 5. The molecule has 0 radical (unpaired) electrons. The molecule has 116 valence electrons. The van der Waals surface area contributed by atoms with Gasteiger partial charge in [-0.15, -0.1) is 0 Å². The van der Waals surface area contributed by atoms with Gasteiger partial charge in [0, 0.05) is 39.3 Å². The van der Waals surface area contributed by atoms with Gasteiger partial charge in [-0.3, -0.25) is 9.69 Å². The number of nitrogens with zero attached hydrogens (tertiary/aromatic N) is 4. The largest absolute Gasteiger partial charge is 0.478 e. The van der Waals surface area contributed by atoms with Crippen molar-refractivity contribution in [1.29, 1.82) is 0 Å². The Kier molecular flexibility index (Phi) is 5.74. The SMILES string of the molecule is CCOc1cc(N2CCCN(CC(=O)NC)CC2)ncn1. The Labute approximate surface area is 125 Å². The molecule has 1 aliphatic rings. The minimum atomic E-state index is 0.0594. The van der Waals surface area contributed by atoms with Gasteiger partial charge in [-0.1, -0.05) is 0 Å². The molecule has 7 heteroatoms. The maximum atomic E-state index is 11.5. The molecule has 0 spiro atoms. The summed E-state index contributed by atoms with van der Waals surface area (Å²) in [4.78, 5) is 24.3. The van der Waals surface area contributed by atoms with Gasteiger partial charge < -0.3 is 15.0 Å². The third-order valence-corrected chi connectivity index (χ3v) is 3.48. The third-order valence-electron chi connectivity index (χ3n) is 3.48. The summed E-state index contributed by atoms with van der Waals surface area (Å²) in [6.45, 7) is 6.53. The van der Waals surface area contributed by atoms with Crippen LogP contribution >= 0.6 is 0 Å². The van der Waals surface area contributed by atoms with E-state index < -0.39 is 0 Å². The molecule has 2 heterocycles. The number of amides is 1. The van der Waals surface area contributed by atoms with Crippen LogP contribution in [0.3, 0.4) is 0 Å². The number of hydrogen-bond donors (Lipinski definition) is 1. The Hall–Kier alpha value is -1.89. The summed E-state index contributed by atoms with van der Waals surface area (Å²) < 4.78 is 5.42. The summed E-state index contributed by atoms with van der Waals surface area (Å²) in [6, 6.07) is 1.87. The predicted octanol–water partition coefficient (Wildman–Crippen LogP) is 0.133. The molecule has 0 aliphatic carbocycles. The van der Waals surface area contributed by atoms with E-state index in [4.69, 9.17) is 4.74 Å². The average molecular weight is 293 g/mol. The van der Waals surface area contributed by atoms with Crippen molar-refractivity contribution in [2.24, 2.45) is 0 Å². The normalized spacial score (nSPS) is 16.4. The zero-order valence-corrected chi connectivity index (χ0v) is 12.7. The van der Waals surface area contributed by atoms with Crippen LogP contribution in [0.15, 0.2) is 12.4 Å². The Morgan fingerprint density at radius 2 is 2.19 bits per heavy atom. The van der Waals surface area contributed by atoms with Crippen LogP contribution in [-0.4, -0.2) is 67.2 Å². The molecule has 0 atom stereocenters. The number of likely N-dealkylation sites (N-methyl/N-ethyl adjacent to an activating group) is 1. The smallest absolute Gasteiger partial charge is 0.233 e. The highest BCUT2D eigenvalue weighted by Gasteiger charge is 2.18. The number of aromatic nitrogens is 2. The summed E-state index contributed by atoms with van der Waals surface area (Å²) in [5, 5.41) is 2.67. The number of nitrogens with one attached hydrogen (secondary N) is 1. The van der Waals surface area contributed by atoms with Crippen LogP contribution in [-0.2, 0) is 4.79 Å². The van der Waals surface area contributed by atoms with E-state index in [1.165, 1.54) is 6.33 Å². The quantitative estimate of drug-likeness (QED) is 0.832. The van der Waals surface area contributed by atoms with E-state index in [1.807, 2.05) is 13.0 Å². The van der Waals surface area contributed by atoms with E-state index in [-0.39, 0.29) is 5.91 Å². The lowest BCUT2D eigenvalue weighted by Crippen LogP contribution is -2.38. The molecule has 21 heavy (non-hydrogen) atoms. The zero-order chi connectivity index (χ0) is 15.1. The van der Waals surface area contributed by atoms with Gasteiger partial charge in [-0.25, -0.2) is 9.97 Å². The monoisotopic (exact) mass is 293 g/mol. The summed E-state index contributed by atoms with van der Waals surface area (Å²) >= 11 is 0. The van der Waals surface area contributed by atoms with Gasteiger partial charge in [-0.2, -0.15) is 0 Å². The lowest BCUT2D eigenvalue weighted by atomic mass is 10.3. The third kappa shape index (κ3) is 4.56. The van der Waals surface area contributed by atoms with Crippen molar-refractivity contribution >= 4 is 11.7 Å². The maximum absolute atomic E-state index is 11.5. The van der Waals surface area contributed by atoms with Crippen molar-refractivity contribution in [2.45, 2.75) is 13.3 Å². The molecule has 1 amide bonds. The van der Waals surface area contributed by atoms with Crippen LogP contribution in [0, 0.1) is 0 Å². The Balaban J connectivity index is 1.96. The van der Waals surface area contributed by atoms with E-state index in [0.29, 0.717) is 19.0 Å². The van der Waals surface area contributed by atoms with Crippen molar-refractivity contribution in [2.75, 3.05) is 51.3 Å². The molecule has 7 nitrogen and oxygen atoms in total. The fourth-order valence-corrected chi connectivity index (χ4v) is 2.37. The van der Waals surface area contributed by atoms with Crippen LogP contribution in [0.5, 0.6) is 5.88 Å². The Bertz CT molecular complexity index is 468. The molecule has 0 saturated carbocycles. The second kappa shape index (κ2) is 7.78. The zero-order valence-electron chi connectivity index (χ0n) is 12.7. The second-order valence-corrected chi connectivity index (χ2v) is 4.94. The molecule has 1 fully saturated rings. The molecule has 1 saturated heterocycles. The second-order valence-electron chi connectivity index (χ2n) is 4.94. The highest BCUT2D eigenvalue weighted by Crippen LogP contribution is 2.17.